The zero-order valence-electron chi connectivity index (χ0n) is 32.1. The average molecular weight is 774 g/mol. The fraction of sp³-hybridized carbons (Fsp3) is 0.628. The first-order chi connectivity index (χ1) is 26.7. The second kappa shape index (κ2) is 14.0. The molecule has 12 nitrogen and oxygen atoms in total. The highest BCUT2D eigenvalue weighted by molar-refractivity contribution is 6.24. The molecule has 0 bridgehead atoms. The Balaban J connectivity index is 0.770. The first-order valence-corrected chi connectivity index (χ1v) is 20.5. The Morgan fingerprint density at radius 2 is 1.75 bits per heavy atom. The summed E-state index contributed by atoms with van der Waals surface area (Å²) < 4.78 is 23.2. The number of unbranched alkanes of at least 4 members (excludes halogenated alkanes) is 5. The molecular formula is C43H52FN3O9. The molecule has 7 aliphatic rings. The molecule has 2 aliphatic heterocycles. The molecule has 1 aromatic rings. The third-order valence-electron chi connectivity index (χ3n) is 14.7. The van der Waals surface area contributed by atoms with E-state index in [2.05, 4.69) is 10.6 Å². The Kier molecular flexibility index (Phi) is 9.66. The van der Waals surface area contributed by atoms with Crippen LogP contribution >= 0.6 is 0 Å². The Labute approximate surface area is 325 Å². The lowest BCUT2D eigenvalue weighted by molar-refractivity contribution is -0.191. The third kappa shape index (κ3) is 5.81. The van der Waals surface area contributed by atoms with Gasteiger partial charge in [-0.25, -0.2) is 4.39 Å². The van der Waals surface area contributed by atoms with E-state index in [1.54, 1.807) is 31.2 Å². The topological polar surface area (TPSA) is 179 Å². The number of amides is 5. The summed E-state index contributed by atoms with van der Waals surface area (Å²) in [5.74, 6) is -4.24. The molecule has 9 unspecified atom stereocenters. The molecule has 1 saturated heterocycles. The van der Waals surface area contributed by atoms with Gasteiger partial charge in [-0.05, 0) is 101 Å². The number of halogens is 1. The predicted octanol–water partition coefficient (Wildman–Crippen LogP) is 4.27. The molecule has 1 spiro atoms. The van der Waals surface area contributed by atoms with Crippen molar-refractivity contribution in [3.05, 3.63) is 53.1 Å². The number of hydrogen-bond acceptors (Lipinski definition) is 9. The maximum Gasteiger partial charge on any atom is 0.266 e. The number of nitrogens with zero attached hydrogens (tertiary/aromatic N) is 1. The van der Waals surface area contributed by atoms with Gasteiger partial charge < -0.3 is 20.3 Å². The number of aliphatic hydroxyl groups is 2. The molecule has 4 saturated carbocycles. The SMILES string of the molecule is CC1CC2C(CC(O)C3(F)C2CCC2=CC(=O)C=CC23C)C1(O)C(=O)NCCCCCCCCOc1cccc2c1C(=O)N(C1CC3(CC3)C(=O)NC1=O)C2=O. The maximum absolute atomic E-state index is 17.3. The smallest absolute Gasteiger partial charge is 0.266 e. The summed E-state index contributed by atoms with van der Waals surface area (Å²) >= 11 is 0. The molecule has 0 radical (unpaired) electrons. The number of ether oxygens (including phenoxy) is 1. The summed E-state index contributed by atoms with van der Waals surface area (Å²) in [6.45, 7) is 4.32. The maximum atomic E-state index is 17.3. The van der Waals surface area contributed by atoms with Gasteiger partial charge in [0, 0.05) is 23.8 Å². The lowest BCUT2D eigenvalue weighted by Gasteiger charge is -2.59. The molecule has 5 fully saturated rings. The first-order valence-electron chi connectivity index (χ1n) is 20.5. The van der Waals surface area contributed by atoms with Crippen molar-refractivity contribution >= 4 is 35.3 Å². The van der Waals surface area contributed by atoms with Crippen molar-refractivity contribution in [3.8, 4) is 5.75 Å². The zero-order valence-corrected chi connectivity index (χ0v) is 32.1. The lowest BCUT2D eigenvalue weighted by atomic mass is 9.48. The van der Waals surface area contributed by atoms with Crippen LogP contribution in [0.1, 0.15) is 118 Å². The Hall–Kier alpha value is -4.23. The molecule has 9 atom stereocenters. The first kappa shape index (κ1) is 38.6. The van der Waals surface area contributed by atoms with Gasteiger partial charge in [-0.15, -0.1) is 0 Å². The van der Waals surface area contributed by atoms with Crippen LogP contribution in [0.4, 0.5) is 4.39 Å². The number of imide groups is 2. The Bertz CT molecular complexity index is 1940. The fourth-order valence-corrected chi connectivity index (χ4v) is 11.3. The molecule has 5 aliphatic carbocycles. The van der Waals surface area contributed by atoms with Crippen LogP contribution in [-0.4, -0.2) is 87.0 Å². The zero-order chi connectivity index (χ0) is 39.8. The number of ketones is 1. The largest absolute Gasteiger partial charge is 0.493 e. The number of fused-ring (bicyclic) bond motifs is 6. The van der Waals surface area contributed by atoms with E-state index >= 15 is 4.39 Å². The number of hydrogen-bond donors (Lipinski definition) is 4. The standard InChI is InChI=1S/C43H52FN3O9/c1-24-20-28-29-13-12-25-21-26(48)14-15-40(25,2)43(29,44)33(49)22-30(28)42(24,55)39(54)45-18-7-5-3-4-6-8-19-56-32-11-9-10-27-34(32)37(52)47(36(27)51)31-23-41(16-17-41)38(53)46-35(31)50/h9-11,14-15,21,24,28-31,33,49,55H,3-8,12-13,16-20,22-23H2,1-2H3,(H,45,54)(H,46,50,53). The van der Waals surface area contributed by atoms with Crippen molar-refractivity contribution in [3.63, 3.8) is 0 Å². The van der Waals surface area contributed by atoms with Crippen molar-refractivity contribution in [2.75, 3.05) is 13.2 Å². The van der Waals surface area contributed by atoms with E-state index in [0.717, 1.165) is 37.0 Å². The molecule has 5 amide bonds. The van der Waals surface area contributed by atoms with Crippen LogP contribution in [0.25, 0.3) is 0 Å². The number of alkyl halides is 1. The van der Waals surface area contributed by atoms with E-state index in [0.29, 0.717) is 63.0 Å². The number of benzene rings is 1. The van der Waals surface area contributed by atoms with Crippen molar-refractivity contribution in [1.29, 1.82) is 0 Å². The van der Waals surface area contributed by atoms with E-state index < -0.39 is 75.6 Å². The number of piperidine rings is 1. The molecule has 2 heterocycles. The van der Waals surface area contributed by atoms with Crippen LogP contribution in [0, 0.1) is 34.5 Å². The lowest BCUT2D eigenvalue weighted by Crippen LogP contribution is -2.66. The van der Waals surface area contributed by atoms with Crippen LogP contribution in [0.5, 0.6) is 5.75 Å². The molecule has 1 aromatic carbocycles. The minimum atomic E-state index is -2.00. The highest BCUT2D eigenvalue weighted by Gasteiger charge is 2.71. The normalized spacial score (nSPS) is 36.4. The summed E-state index contributed by atoms with van der Waals surface area (Å²) in [6, 6.07) is 3.81. The number of rotatable bonds is 12. The summed E-state index contributed by atoms with van der Waals surface area (Å²) in [4.78, 5) is 78.4. The van der Waals surface area contributed by atoms with E-state index in [-0.39, 0.29) is 41.6 Å². The number of carbonyl (C=O) groups excluding carboxylic acids is 6. The summed E-state index contributed by atoms with van der Waals surface area (Å²) in [5, 5.41) is 28.7. The summed E-state index contributed by atoms with van der Waals surface area (Å²) in [6.07, 6.45) is 10.9. The van der Waals surface area contributed by atoms with Crippen LogP contribution in [-0.2, 0) is 19.2 Å². The molecular weight excluding hydrogens is 721 g/mol. The third-order valence-corrected chi connectivity index (χ3v) is 14.7. The molecule has 13 heteroatoms. The van der Waals surface area contributed by atoms with Gasteiger partial charge in [0.1, 0.15) is 17.4 Å². The van der Waals surface area contributed by atoms with Crippen molar-refractivity contribution in [1.82, 2.24) is 15.5 Å². The van der Waals surface area contributed by atoms with E-state index in [4.69, 9.17) is 4.74 Å². The quantitative estimate of drug-likeness (QED) is 0.178. The number of aliphatic hydroxyl groups excluding tert-OH is 1. The van der Waals surface area contributed by atoms with Gasteiger partial charge in [-0.3, -0.25) is 39.0 Å². The van der Waals surface area contributed by atoms with Crippen LogP contribution in [0.15, 0.2) is 42.0 Å². The van der Waals surface area contributed by atoms with E-state index in [1.807, 2.05) is 6.92 Å². The van der Waals surface area contributed by atoms with Crippen molar-refractivity contribution < 1.29 is 48.1 Å². The molecule has 300 valence electrons. The molecule has 0 aromatic heterocycles. The monoisotopic (exact) mass is 773 g/mol. The van der Waals surface area contributed by atoms with Gasteiger partial charge in [0.2, 0.25) is 11.8 Å². The second-order valence-corrected chi connectivity index (χ2v) is 17.7. The minimum absolute atomic E-state index is 0.0249. The minimum Gasteiger partial charge on any atom is -0.493 e. The molecule has 56 heavy (non-hydrogen) atoms. The molecule has 8 rings (SSSR count). The van der Waals surface area contributed by atoms with Gasteiger partial charge in [0.05, 0.1) is 29.3 Å². The van der Waals surface area contributed by atoms with Gasteiger partial charge in [-0.2, -0.15) is 0 Å². The van der Waals surface area contributed by atoms with Crippen molar-refractivity contribution in [2.45, 2.75) is 121 Å². The van der Waals surface area contributed by atoms with Crippen LogP contribution < -0.4 is 15.4 Å². The Morgan fingerprint density at radius 3 is 2.50 bits per heavy atom. The van der Waals surface area contributed by atoms with Gasteiger partial charge in [0.15, 0.2) is 11.5 Å². The predicted molar refractivity (Wildman–Crippen MR) is 200 cm³/mol. The van der Waals surface area contributed by atoms with Crippen molar-refractivity contribution in [2.24, 2.45) is 34.5 Å². The van der Waals surface area contributed by atoms with E-state index in [1.165, 1.54) is 12.2 Å². The molecule has 4 N–H and O–H groups in total. The van der Waals surface area contributed by atoms with Gasteiger partial charge >= 0.3 is 0 Å². The van der Waals surface area contributed by atoms with Crippen LogP contribution in [0.2, 0.25) is 0 Å². The fourth-order valence-electron chi connectivity index (χ4n) is 11.3. The Morgan fingerprint density at radius 1 is 1.02 bits per heavy atom. The van der Waals surface area contributed by atoms with Gasteiger partial charge in [0.25, 0.3) is 17.7 Å². The average Bonchev–Trinajstić information content (AvgIpc) is 3.84. The number of nitrogens with one attached hydrogen (secondary N) is 2. The summed E-state index contributed by atoms with van der Waals surface area (Å²) in [7, 11) is 0. The number of carbonyl (C=O) groups is 6. The highest BCUT2D eigenvalue weighted by Crippen LogP contribution is 2.66. The second-order valence-electron chi connectivity index (χ2n) is 17.7. The van der Waals surface area contributed by atoms with Gasteiger partial charge in [-0.1, -0.05) is 50.3 Å². The number of allylic oxidation sites excluding steroid dienone is 4. The van der Waals surface area contributed by atoms with E-state index in [9.17, 15) is 39.0 Å². The highest BCUT2D eigenvalue weighted by atomic mass is 19.1. The van der Waals surface area contributed by atoms with Crippen LogP contribution in [0.3, 0.4) is 0 Å². The summed E-state index contributed by atoms with van der Waals surface area (Å²) in [5.41, 5.74) is -4.45.